The van der Waals surface area contributed by atoms with Crippen molar-refractivity contribution in [3.63, 3.8) is 0 Å². The Kier molecular flexibility index (Phi) is 7.95. The number of nitrogens with one attached hydrogen (secondary N) is 3. The molecular weight excluding hydrogens is 365 g/mol. The molecule has 0 heterocycles. The third-order valence-corrected chi connectivity index (χ3v) is 3.75. The Labute approximate surface area is 162 Å². The zero-order valence-electron chi connectivity index (χ0n) is 15.4. The molecule has 2 rings (SSSR count). The highest BCUT2D eigenvalue weighted by Gasteiger charge is 2.17. The van der Waals surface area contributed by atoms with Crippen LogP contribution >= 0.6 is 0 Å². The lowest BCUT2D eigenvalue weighted by atomic mass is 10.2. The van der Waals surface area contributed by atoms with Crippen LogP contribution < -0.4 is 16.0 Å². The highest BCUT2D eigenvalue weighted by Crippen LogP contribution is 2.02. The summed E-state index contributed by atoms with van der Waals surface area (Å²) in [5, 5.41) is 7.57. The van der Waals surface area contributed by atoms with Gasteiger partial charge in [-0.3, -0.25) is 9.59 Å². The van der Waals surface area contributed by atoms with E-state index in [1.54, 1.807) is 12.1 Å². The van der Waals surface area contributed by atoms with Gasteiger partial charge in [-0.1, -0.05) is 42.5 Å². The van der Waals surface area contributed by atoms with Gasteiger partial charge in [-0.05, 0) is 30.2 Å². The molecule has 3 N–H and O–H groups in total. The van der Waals surface area contributed by atoms with Crippen LogP contribution in [0.2, 0.25) is 0 Å². The number of esters is 1. The molecule has 0 saturated heterocycles. The average Bonchev–Trinajstić information content (AvgIpc) is 2.70. The van der Waals surface area contributed by atoms with Crippen molar-refractivity contribution in [1.82, 2.24) is 16.0 Å². The summed E-state index contributed by atoms with van der Waals surface area (Å²) in [5.41, 5.74) is 1.64. The minimum Gasteiger partial charge on any atom is -0.451 e. The van der Waals surface area contributed by atoms with Crippen molar-refractivity contribution in [2.75, 3.05) is 6.54 Å². The lowest BCUT2D eigenvalue weighted by Gasteiger charge is -2.14. The number of hydrogen-bond donors (Lipinski definition) is 3. The van der Waals surface area contributed by atoms with Gasteiger partial charge in [0, 0.05) is 13.1 Å². The van der Waals surface area contributed by atoms with E-state index in [4.69, 9.17) is 4.74 Å². The first-order valence-corrected chi connectivity index (χ1v) is 8.71. The van der Waals surface area contributed by atoms with E-state index in [0.29, 0.717) is 12.1 Å². The van der Waals surface area contributed by atoms with Crippen LogP contribution in [0.1, 0.15) is 18.1 Å². The molecule has 0 fully saturated rings. The van der Waals surface area contributed by atoms with Gasteiger partial charge in [0.25, 0.3) is 5.91 Å². The summed E-state index contributed by atoms with van der Waals surface area (Å²) in [4.78, 5) is 35.4. The second-order valence-electron chi connectivity index (χ2n) is 6.00. The molecule has 0 unspecified atom stereocenters. The molecule has 0 spiro atoms. The van der Waals surface area contributed by atoms with Crippen LogP contribution in [0, 0.1) is 5.82 Å². The number of ether oxygens (including phenoxy) is 1. The van der Waals surface area contributed by atoms with Gasteiger partial charge in [-0.25, -0.2) is 9.18 Å². The number of carbonyl (C=O) groups is 3. The van der Waals surface area contributed by atoms with E-state index in [1.165, 1.54) is 19.1 Å². The fourth-order valence-corrected chi connectivity index (χ4v) is 2.22. The number of halogens is 1. The van der Waals surface area contributed by atoms with E-state index in [1.807, 2.05) is 30.3 Å². The Balaban J connectivity index is 1.64. The molecule has 2 aromatic rings. The first kappa shape index (κ1) is 20.9. The minimum absolute atomic E-state index is 0.182. The SMILES string of the molecule is C[C@@H](OC(=O)CNC(=O)NCc1ccccc1)C(=O)NCc1ccc(F)cc1. The number of amides is 3. The van der Waals surface area contributed by atoms with Gasteiger partial charge < -0.3 is 20.7 Å². The quantitative estimate of drug-likeness (QED) is 0.603. The first-order valence-electron chi connectivity index (χ1n) is 8.71. The van der Waals surface area contributed by atoms with E-state index in [2.05, 4.69) is 16.0 Å². The Bertz CT molecular complexity index is 797. The predicted octanol–water partition coefficient (Wildman–Crippen LogP) is 1.87. The summed E-state index contributed by atoms with van der Waals surface area (Å²) >= 11 is 0. The molecule has 0 aromatic heterocycles. The summed E-state index contributed by atoms with van der Waals surface area (Å²) in [6.45, 7) is 1.56. The second kappa shape index (κ2) is 10.7. The van der Waals surface area contributed by atoms with Crippen LogP contribution in [-0.4, -0.2) is 30.6 Å². The standard InChI is InChI=1S/C20H22FN3O4/c1-14(19(26)22-11-16-7-9-17(21)10-8-16)28-18(25)13-24-20(27)23-12-15-5-3-2-4-6-15/h2-10,14H,11-13H2,1H3,(H,22,26)(H2,23,24,27)/t14-/m1/s1. The first-order chi connectivity index (χ1) is 13.4. The van der Waals surface area contributed by atoms with Crippen molar-refractivity contribution < 1.29 is 23.5 Å². The molecular formula is C20H22FN3O4. The van der Waals surface area contributed by atoms with Gasteiger partial charge in [0.05, 0.1) is 0 Å². The number of benzene rings is 2. The highest BCUT2D eigenvalue weighted by atomic mass is 19.1. The van der Waals surface area contributed by atoms with Crippen LogP contribution in [-0.2, 0) is 27.4 Å². The van der Waals surface area contributed by atoms with E-state index < -0.39 is 24.0 Å². The molecule has 28 heavy (non-hydrogen) atoms. The van der Waals surface area contributed by atoms with Crippen molar-refractivity contribution in [3.05, 3.63) is 71.5 Å². The van der Waals surface area contributed by atoms with E-state index in [-0.39, 0.29) is 18.9 Å². The Morgan fingerprint density at radius 2 is 1.50 bits per heavy atom. The second-order valence-corrected chi connectivity index (χ2v) is 6.00. The summed E-state index contributed by atoms with van der Waals surface area (Å²) in [7, 11) is 0. The maximum atomic E-state index is 12.8. The average molecular weight is 387 g/mol. The topological polar surface area (TPSA) is 96.5 Å². The smallest absolute Gasteiger partial charge is 0.326 e. The maximum Gasteiger partial charge on any atom is 0.326 e. The number of carbonyl (C=O) groups excluding carboxylic acids is 3. The summed E-state index contributed by atoms with van der Waals surface area (Å²) in [5.74, 6) is -1.59. The molecule has 0 radical (unpaired) electrons. The molecule has 8 heteroatoms. The Morgan fingerprint density at radius 1 is 0.893 bits per heavy atom. The van der Waals surface area contributed by atoms with Gasteiger partial charge in [0.2, 0.25) is 0 Å². The zero-order chi connectivity index (χ0) is 20.4. The Hall–Kier alpha value is -3.42. The van der Waals surface area contributed by atoms with Crippen molar-refractivity contribution >= 4 is 17.9 Å². The highest BCUT2D eigenvalue weighted by molar-refractivity contribution is 5.85. The summed E-state index contributed by atoms with van der Waals surface area (Å²) in [6, 6.07) is 14.5. The molecule has 0 aliphatic rings. The van der Waals surface area contributed by atoms with Crippen LogP contribution in [0.4, 0.5) is 9.18 Å². The third-order valence-electron chi connectivity index (χ3n) is 3.75. The predicted molar refractivity (Wildman–Crippen MR) is 100 cm³/mol. The van der Waals surface area contributed by atoms with Crippen LogP contribution in [0.5, 0.6) is 0 Å². The van der Waals surface area contributed by atoms with Crippen molar-refractivity contribution in [3.8, 4) is 0 Å². The molecule has 2 aromatic carbocycles. The molecule has 1 atom stereocenters. The fraction of sp³-hybridized carbons (Fsp3) is 0.250. The van der Waals surface area contributed by atoms with Crippen LogP contribution in [0.25, 0.3) is 0 Å². The molecule has 148 valence electrons. The van der Waals surface area contributed by atoms with Crippen molar-refractivity contribution in [2.24, 2.45) is 0 Å². The summed E-state index contributed by atoms with van der Waals surface area (Å²) < 4.78 is 17.8. The lowest BCUT2D eigenvalue weighted by molar-refractivity contribution is -0.153. The molecule has 0 saturated carbocycles. The molecule has 0 aliphatic heterocycles. The van der Waals surface area contributed by atoms with Crippen LogP contribution in [0.15, 0.2) is 54.6 Å². The van der Waals surface area contributed by atoms with Gasteiger partial charge in [-0.15, -0.1) is 0 Å². The number of urea groups is 1. The van der Waals surface area contributed by atoms with Crippen molar-refractivity contribution in [1.29, 1.82) is 0 Å². The van der Waals surface area contributed by atoms with E-state index in [9.17, 15) is 18.8 Å². The zero-order valence-corrected chi connectivity index (χ0v) is 15.4. The molecule has 0 bridgehead atoms. The lowest BCUT2D eigenvalue weighted by Crippen LogP contribution is -2.41. The fourth-order valence-electron chi connectivity index (χ4n) is 2.22. The number of rotatable bonds is 8. The van der Waals surface area contributed by atoms with Gasteiger partial charge >= 0.3 is 12.0 Å². The molecule has 0 aliphatic carbocycles. The van der Waals surface area contributed by atoms with E-state index >= 15 is 0 Å². The van der Waals surface area contributed by atoms with Gasteiger partial charge in [0.15, 0.2) is 6.10 Å². The monoisotopic (exact) mass is 387 g/mol. The minimum atomic E-state index is -1.03. The molecule has 7 nitrogen and oxygen atoms in total. The third kappa shape index (κ3) is 7.45. The van der Waals surface area contributed by atoms with E-state index in [0.717, 1.165) is 5.56 Å². The Morgan fingerprint density at radius 3 is 2.18 bits per heavy atom. The normalized spacial score (nSPS) is 11.2. The number of hydrogen-bond acceptors (Lipinski definition) is 4. The maximum absolute atomic E-state index is 12.8. The molecule has 3 amide bonds. The van der Waals surface area contributed by atoms with Crippen molar-refractivity contribution in [2.45, 2.75) is 26.1 Å². The van der Waals surface area contributed by atoms with Gasteiger partial charge in [0.1, 0.15) is 12.4 Å². The van der Waals surface area contributed by atoms with Gasteiger partial charge in [-0.2, -0.15) is 0 Å². The van der Waals surface area contributed by atoms with Crippen LogP contribution in [0.3, 0.4) is 0 Å². The summed E-state index contributed by atoms with van der Waals surface area (Å²) in [6.07, 6.45) is -1.03. The largest absolute Gasteiger partial charge is 0.451 e.